The molecule has 1 saturated carbocycles. The van der Waals surface area contributed by atoms with Crippen molar-refractivity contribution in [1.29, 1.82) is 0 Å². The smallest absolute Gasteiger partial charge is 0.306 e. The Kier molecular flexibility index (Phi) is 4.62. The van der Waals surface area contributed by atoms with Gasteiger partial charge in [0.2, 0.25) is 11.8 Å². The number of carbonyl (C=O) groups excluding carboxylic acids is 2. The molecule has 2 N–H and O–H groups in total. The first-order valence-corrected chi connectivity index (χ1v) is 7.35. The van der Waals surface area contributed by atoms with Crippen molar-refractivity contribution in [1.82, 2.24) is 10.2 Å². The topological polar surface area (TPSA) is 86.7 Å². The fraction of sp³-hybridized carbons (Fsp3) is 0.786. The van der Waals surface area contributed by atoms with Crippen LogP contribution in [0.25, 0.3) is 0 Å². The van der Waals surface area contributed by atoms with Gasteiger partial charge in [0.1, 0.15) is 6.04 Å². The predicted octanol–water partition coefficient (Wildman–Crippen LogP) is 0.614. The second-order valence-electron chi connectivity index (χ2n) is 5.65. The first kappa shape index (κ1) is 14.8. The second-order valence-corrected chi connectivity index (χ2v) is 5.65. The van der Waals surface area contributed by atoms with E-state index >= 15 is 0 Å². The third kappa shape index (κ3) is 2.94. The average Bonchev–Trinajstić information content (AvgIpc) is 2.46. The molecule has 0 aromatic carbocycles. The van der Waals surface area contributed by atoms with Crippen LogP contribution in [0.5, 0.6) is 0 Å². The van der Waals surface area contributed by atoms with Crippen molar-refractivity contribution in [3.05, 3.63) is 0 Å². The van der Waals surface area contributed by atoms with Gasteiger partial charge in [-0.25, -0.2) is 0 Å². The molecule has 0 unspecified atom stereocenters. The molecule has 20 heavy (non-hydrogen) atoms. The number of aliphatic carboxylic acids is 1. The van der Waals surface area contributed by atoms with E-state index in [-0.39, 0.29) is 17.7 Å². The van der Waals surface area contributed by atoms with Crippen LogP contribution in [0.1, 0.15) is 39.0 Å². The minimum Gasteiger partial charge on any atom is -0.481 e. The molecule has 1 saturated heterocycles. The minimum absolute atomic E-state index is 0.0438. The van der Waals surface area contributed by atoms with Crippen LogP contribution in [-0.2, 0) is 14.4 Å². The lowest BCUT2D eigenvalue weighted by atomic mass is 9.80. The molecule has 1 aliphatic heterocycles. The van der Waals surface area contributed by atoms with Gasteiger partial charge in [-0.3, -0.25) is 14.4 Å². The lowest BCUT2D eigenvalue weighted by Gasteiger charge is -2.38. The van der Waals surface area contributed by atoms with Crippen LogP contribution >= 0.6 is 0 Å². The maximum Gasteiger partial charge on any atom is 0.306 e. The molecule has 0 spiro atoms. The van der Waals surface area contributed by atoms with E-state index in [1.54, 1.807) is 4.90 Å². The molecule has 0 bridgehead atoms. The van der Waals surface area contributed by atoms with Crippen LogP contribution in [0.3, 0.4) is 0 Å². The van der Waals surface area contributed by atoms with Gasteiger partial charge in [0.15, 0.2) is 0 Å². The van der Waals surface area contributed by atoms with Gasteiger partial charge in [0.25, 0.3) is 0 Å². The van der Waals surface area contributed by atoms with Gasteiger partial charge in [-0.05, 0) is 25.7 Å². The van der Waals surface area contributed by atoms with E-state index in [0.717, 1.165) is 12.8 Å². The number of carboxylic acids is 1. The van der Waals surface area contributed by atoms with Crippen molar-refractivity contribution in [3.63, 3.8) is 0 Å². The van der Waals surface area contributed by atoms with Crippen molar-refractivity contribution in [3.8, 4) is 0 Å². The van der Waals surface area contributed by atoms with Crippen LogP contribution in [0.4, 0.5) is 0 Å². The normalized spacial score (nSPS) is 30.8. The van der Waals surface area contributed by atoms with Crippen LogP contribution in [0.15, 0.2) is 0 Å². The van der Waals surface area contributed by atoms with Crippen molar-refractivity contribution in [2.75, 3.05) is 13.1 Å². The second kappa shape index (κ2) is 6.24. The maximum atomic E-state index is 12.6. The highest BCUT2D eigenvalue weighted by Crippen LogP contribution is 2.31. The Labute approximate surface area is 118 Å². The third-order valence-electron chi connectivity index (χ3n) is 4.37. The monoisotopic (exact) mass is 282 g/mol. The van der Waals surface area contributed by atoms with Gasteiger partial charge in [-0.2, -0.15) is 0 Å². The third-order valence-corrected chi connectivity index (χ3v) is 4.37. The molecule has 6 nitrogen and oxygen atoms in total. The molecule has 2 aliphatic rings. The van der Waals surface area contributed by atoms with E-state index in [1.165, 1.54) is 0 Å². The number of rotatable bonds is 3. The van der Waals surface area contributed by atoms with Crippen molar-refractivity contribution >= 4 is 17.8 Å². The van der Waals surface area contributed by atoms with E-state index in [1.807, 2.05) is 6.92 Å². The first-order valence-electron chi connectivity index (χ1n) is 7.35. The summed E-state index contributed by atoms with van der Waals surface area (Å²) in [7, 11) is 0. The minimum atomic E-state index is -0.814. The Balaban J connectivity index is 2.05. The predicted molar refractivity (Wildman–Crippen MR) is 71.9 cm³/mol. The number of carboxylic acid groups (broad SMARTS) is 1. The van der Waals surface area contributed by atoms with Crippen molar-refractivity contribution < 1.29 is 19.5 Å². The Morgan fingerprint density at radius 1 is 1.35 bits per heavy atom. The average molecular weight is 282 g/mol. The molecule has 3 atom stereocenters. The number of hydrogen-bond acceptors (Lipinski definition) is 3. The van der Waals surface area contributed by atoms with Gasteiger partial charge >= 0.3 is 5.97 Å². The fourth-order valence-electron chi connectivity index (χ4n) is 3.26. The standard InChI is InChI=1S/C14H22N2O4/c1-2-11-12(17)15-6-7-16(11)13(18)9-4-3-5-10(8-9)14(19)20/h9-11H,2-8H2,1H3,(H,15,17)(H,19,20)/t9-,10-,11-/m1/s1. The summed E-state index contributed by atoms with van der Waals surface area (Å²) in [6, 6.07) is -0.401. The molecular formula is C14H22N2O4. The fourth-order valence-corrected chi connectivity index (χ4v) is 3.26. The molecule has 1 heterocycles. The van der Waals surface area contributed by atoms with Gasteiger partial charge in [0.05, 0.1) is 5.92 Å². The van der Waals surface area contributed by atoms with E-state index in [2.05, 4.69) is 5.32 Å². The lowest BCUT2D eigenvalue weighted by molar-refractivity contribution is -0.150. The summed E-state index contributed by atoms with van der Waals surface area (Å²) < 4.78 is 0. The number of amides is 2. The molecule has 112 valence electrons. The summed E-state index contributed by atoms with van der Waals surface area (Å²) in [4.78, 5) is 37.1. The van der Waals surface area contributed by atoms with Crippen LogP contribution in [0.2, 0.25) is 0 Å². The number of hydrogen-bond donors (Lipinski definition) is 2. The van der Waals surface area contributed by atoms with Crippen molar-refractivity contribution in [2.24, 2.45) is 11.8 Å². The Morgan fingerprint density at radius 3 is 2.70 bits per heavy atom. The number of piperazine rings is 1. The van der Waals surface area contributed by atoms with Crippen molar-refractivity contribution in [2.45, 2.75) is 45.1 Å². The lowest BCUT2D eigenvalue weighted by Crippen LogP contribution is -2.58. The quantitative estimate of drug-likeness (QED) is 0.794. The molecule has 2 rings (SSSR count). The highest BCUT2D eigenvalue weighted by Gasteiger charge is 2.38. The van der Waals surface area contributed by atoms with Crippen LogP contribution < -0.4 is 5.32 Å². The SMILES string of the molecule is CC[C@@H]1C(=O)NCCN1C(=O)[C@@H]1CCC[C@@H](C(=O)O)C1. The van der Waals surface area contributed by atoms with Gasteiger partial charge in [-0.1, -0.05) is 13.3 Å². The zero-order chi connectivity index (χ0) is 14.7. The summed E-state index contributed by atoms with van der Waals surface area (Å²) in [6.45, 7) is 2.89. The number of nitrogens with one attached hydrogen (secondary N) is 1. The zero-order valence-corrected chi connectivity index (χ0v) is 11.8. The highest BCUT2D eigenvalue weighted by atomic mass is 16.4. The summed E-state index contributed by atoms with van der Waals surface area (Å²) in [5.74, 6) is -1.62. The number of carbonyl (C=O) groups is 3. The molecular weight excluding hydrogens is 260 g/mol. The number of nitrogens with zero attached hydrogens (tertiary/aromatic N) is 1. The Bertz CT molecular complexity index is 410. The first-order chi connectivity index (χ1) is 9.54. The Hall–Kier alpha value is -1.59. The summed E-state index contributed by atoms with van der Waals surface area (Å²) in [5.41, 5.74) is 0. The van der Waals surface area contributed by atoms with Crippen LogP contribution in [-0.4, -0.2) is 46.9 Å². The molecule has 2 fully saturated rings. The zero-order valence-electron chi connectivity index (χ0n) is 11.8. The Morgan fingerprint density at radius 2 is 2.05 bits per heavy atom. The maximum absolute atomic E-state index is 12.6. The van der Waals surface area contributed by atoms with E-state index in [0.29, 0.717) is 32.4 Å². The highest BCUT2D eigenvalue weighted by molar-refractivity contribution is 5.89. The van der Waals surface area contributed by atoms with E-state index < -0.39 is 17.9 Å². The van der Waals surface area contributed by atoms with E-state index in [4.69, 9.17) is 5.11 Å². The van der Waals surface area contributed by atoms with Crippen LogP contribution in [0, 0.1) is 11.8 Å². The van der Waals surface area contributed by atoms with Gasteiger partial charge in [0, 0.05) is 19.0 Å². The largest absolute Gasteiger partial charge is 0.481 e. The molecule has 1 aliphatic carbocycles. The van der Waals surface area contributed by atoms with E-state index in [9.17, 15) is 14.4 Å². The summed E-state index contributed by atoms with van der Waals surface area (Å²) >= 11 is 0. The molecule has 0 aromatic rings. The molecule has 0 aromatic heterocycles. The molecule has 6 heteroatoms. The van der Waals surface area contributed by atoms with Gasteiger partial charge in [-0.15, -0.1) is 0 Å². The van der Waals surface area contributed by atoms with Gasteiger partial charge < -0.3 is 15.3 Å². The summed E-state index contributed by atoms with van der Waals surface area (Å²) in [6.07, 6.45) is 3.15. The molecule has 0 radical (unpaired) electrons. The summed E-state index contributed by atoms with van der Waals surface area (Å²) in [5, 5.41) is 11.9. The molecule has 2 amide bonds.